The number of hydrazone groups is 1. The molecule has 0 radical (unpaired) electrons. The molecule has 1 aliphatic rings. The van der Waals surface area contributed by atoms with Gasteiger partial charge in [0.05, 0.1) is 23.2 Å². The highest BCUT2D eigenvalue weighted by Gasteiger charge is 2.33. The molecular formula is C16H11Cl3N2O2. The van der Waals surface area contributed by atoms with E-state index in [9.17, 15) is 9.90 Å². The predicted molar refractivity (Wildman–Crippen MR) is 93.1 cm³/mol. The van der Waals surface area contributed by atoms with Crippen LogP contribution in [0.25, 0.3) is 0 Å². The van der Waals surface area contributed by atoms with Gasteiger partial charge in [-0.1, -0.05) is 46.9 Å². The molecule has 0 spiro atoms. The summed E-state index contributed by atoms with van der Waals surface area (Å²) >= 11 is 18.0. The van der Waals surface area contributed by atoms with Gasteiger partial charge in [0.25, 0.3) is 0 Å². The lowest BCUT2D eigenvalue weighted by atomic mass is 9.95. The highest BCUT2D eigenvalue weighted by molar-refractivity contribution is 6.39. The van der Waals surface area contributed by atoms with Gasteiger partial charge in [-0.15, -0.1) is 0 Å². The minimum atomic E-state index is -1.06. The number of carboxylic acid groups (broad SMARTS) is 1. The maximum Gasteiger partial charge on any atom is 0.352 e. The van der Waals surface area contributed by atoms with Crippen LogP contribution in [-0.4, -0.2) is 23.3 Å². The van der Waals surface area contributed by atoms with Gasteiger partial charge in [0, 0.05) is 10.0 Å². The number of rotatable bonds is 3. The summed E-state index contributed by atoms with van der Waals surface area (Å²) in [7, 11) is 0. The fourth-order valence-electron chi connectivity index (χ4n) is 2.49. The lowest BCUT2D eigenvalue weighted by Crippen LogP contribution is -2.21. The Kier molecular flexibility index (Phi) is 4.48. The second kappa shape index (κ2) is 6.40. The van der Waals surface area contributed by atoms with Crippen molar-refractivity contribution in [2.45, 2.75) is 5.92 Å². The Morgan fingerprint density at radius 3 is 2.35 bits per heavy atom. The Morgan fingerprint density at radius 1 is 1.09 bits per heavy atom. The highest BCUT2D eigenvalue weighted by atomic mass is 35.5. The third-order valence-electron chi connectivity index (χ3n) is 3.59. The molecule has 3 rings (SSSR count). The number of hydrogen-bond acceptors (Lipinski definition) is 3. The van der Waals surface area contributed by atoms with Crippen LogP contribution in [0.2, 0.25) is 15.1 Å². The highest BCUT2D eigenvalue weighted by Crippen LogP contribution is 2.35. The molecule has 0 aromatic heterocycles. The molecular weight excluding hydrogens is 359 g/mol. The van der Waals surface area contributed by atoms with Crippen LogP contribution in [0.15, 0.2) is 47.6 Å². The standard InChI is InChI=1S/C16H11Cl3N2O2/c17-10-3-1-9(2-4-10)12-8-21(20-15(12)16(22)23)14-6-5-11(18)7-13(14)19/h1-7,12H,8H2,(H,22,23)/t12-/m1/s1. The smallest absolute Gasteiger partial charge is 0.352 e. The van der Waals surface area contributed by atoms with Crippen molar-refractivity contribution in [1.82, 2.24) is 0 Å². The van der Waals surface area contributed by atoms with Crippen molar-refractivity contribution in [3.63, 3.8) is 0 Å². The number of hydrogen-bond donors (Lipinski definition) is 1. The number of benzene rings is 2. The minimum absolute atomic E-state index is 0.0679. The van der Waals surface area contributed by atoms with Gasteiger partial charge in [0.2, 0.25) is 0 Å². The summed E-state index contributed by atoms with van der Waals surface area (Å²) in [4.78, 5) is 11.5. The average Bonchev–Trinajstić information content (AvgIpc) is 2.93. The van der Waals surface area contributed by atoms with E-state index >= 15 is 0 Å². The number of aliphatic carboxylic acids is 1. The molecule has 0 amide bonds. The minimum Gasteiger partial charge on any atom is -0.477 e. The lowest BCUT2D eigenvalue weighted by Gasteiger charge is -2.17. The Bertz CT molecular complexity index is 790. The molecule has 4 nitrogen and oxygen atoms in total. The number of halogens is 3. The van der Waals surface area contributed by atoms with Crippen LogP contribution in [0.5, 0.6) is 0 Å². The summed E-state index contributed by atoms with van der Waals surface area (Å²) in [5, 5.41) is 16.8. The summed E-state index contributed by atoms with van der Waals surface area (Å²) in [6.07, 6.45) is 0. The zero-order chi connectivity index (χ0) is 16.6. The molecule has 118 valence electrons. The first-order chi connectivity index (χ1) is 11.0. The second-order valence-corrected chi connectivity index (χ2v) is 6.35. The van der Waals surface area contributed by atoms with Crippen molar-refractivity contribution in [2.24, 2.45) is 5.10 Å². The molecule has 23 heavy (non-hydrogen) atoms. The van der Waals surface area contributed by atoms with Gasteiger partial charge in [0.1, 0.15) is 0 Å². The first kappa shape index (κ1) is 16.1. The molecule has 0 saturated heterocycles. The molecule has 0 fully saturated rings. The first-order valence-electron chi connectivity index (χ1n) is 6.75. The van der Waals surface area contributed by atoms with Gasteiger partial charge in [-0.05, 0) is 35.9 Å². The third kappa shape index (κ3) is 3.29. The molecule has 0 unspecified atom stereocenters. The molecule has 1 atom stereocenters. The van der Waals surface area contributed by atoms with E-state index in [0.29, 0.717) is 27.3 Å². The maximum atomic E-state index is 11.5. The molecule has 1 aliphatic heterocycles. The molecule has 7 heteroatoms. The van der Waals surface area contributed by atoms with Gasteiger partial charge >= 0.3 is 5.97 Å². The third-order valence-corrected chi connectivity index (χ3v) is 4.38. The van der Waals surface area contributed by atoms with Crippen molar-refractivity contribution in [3.8, 4) is 0 Å². The van der Waals surface area contributed by atoms with Gasteiger partial charge < -0.3 is 5.11 Å². The summed E-state index contributed by atoms with van der Waals surface area (Å²) in [6.45, 7) is 0.380. The van der Waals surface area contributed by atoms with E-state index in [1.165, 1.54) is 0 Å². The van der Waals surface area contributed by atoms with Crippen molar-refractivity contribution in [3.05, 3.63) is 63.1 Å². The molecule has 0 saturated carbocycles. The predicted octanol–water partition coefficient (Wildman–Crippen LogP) is 4.69. The fraction of sp³-hybridized carbons (Fsp3) is 0.125. The van der Waals surface area contributed by atoms with Gasteiger partial charge in [-0.25, -0.2) is 4.79 Å². The largest absolute Gasteiger partial charge is 0.477 e. The fourth-order valence-corrected chi connectivity index (χ4v) is 3.13. The Morgan fingerprint density at radius 2 is 1.74 bits per heavy atom. The number of nitrogens with zero attached hydrogens (tertiary/aromatic N) is 2. The zero-order valence-corrected chi connectivity index (χ0v) is 14.0. The van der Waals surface area contributed by atoms with E-state index in [1.807, 2.05) is 0 Å². The quantitative estimate of drug-likeness (QED) is 0.854. The van der Waals surface area contributed by atoms with Crippen LogP contribution in [0.3, 0.4) is 0 Å². The van der Waals surface area contributed by atoms with Crippen LogP contribution in [0, 0.1) is 0 Å². The van der Waals surface area contributed by atoms with Crippen LogP contribution in [0.4, 0.5) is 5.69 Å². The number of anilines is 1. The van der Waals surface area contributed by atoms with E-state index in [-0.39, 0.29) is 11.6 Å². The van der Waals surface area contributed by atoms with E-state index < -0.39 is 5.97 Å². The van der Waals surface area contributed by atoms with E-state index in [0.717, 1.165) is 5.56 Å². The van der Waals surface area contributed by atoms with Gasteiger partial charge in [-0.2, -0.15) is 5.10 Å². The van der Waals surface area contributed by atoms with Crippen molar-refractivity contribution in [1.29, 1.82) is 0 Å². The van der Waals surface area contributed by atoms with E-state index in [2.05, 4.69) is 5.10 Å². The van der Waals surface area contributed by atoms with Crippen molar-refractivity contribution >= 4 is 52.2 Å². The lowest BCUT2D eigenvalue weighted by molar-refractivity contribution is -0.129. The first-order valence-corrected chi connectivity index (χ1v) is 7.89. The molecule has 2 aromatic carbocycles. The molecule has 0 bridgehead atoms. The van der Waals surface area contributed by atoms with Gasteiger partial charge in [-0.3, -0.25) is 5.01 Å². The van der Waals surface area contributed by atoms with E-state index in [4.69, 9.17) is 34.8 Å². The Balaban J connectivity index is 1.97. The Hall–Kier alpha value is -1.75. The van der Waals surface area contributed by atoms with E-state index in [1.54, 1.807) is 47.5 Å². The van der Waals surface area contributed by atoms with Crippen molar-refractivity contribution < 1.29 is 9.90 Å². The van der Waals surface area contributed by atoms with Gasteiger partial charge in [0.15, 0.2) is 5.71 Å². The van der Waals surface area contributed by atoms with Crippen molar-refractivity contribution in [2.75, 3.05) is 11.6 Å². The number of carbonyl (C=O) groups is 1. The van der Waals surface area contributed by atoms with Crippen LogP contribution < -0.4 is 5.01 Å². The summed E-state index contributed by atoms with van der Waals surface area (Å²) < 4.78 is 0. The molecule has 2 aromatic rings. The normalized spacial score (nSPS) is 17.3. The van der Waals surface area contributed by atoms with Crippen LogP contribution >= 0.6 is 34.8 Å². The topological polar surface area (TPSA) is 52.9 Å². The molecule has 1 N–H and O–H groups in total. The summed E-state index contributed by atoms with van der Waals surface area (Å²) in [5.74, 6) is -1.42. The maximum absolute atomic E-state index is 11.5. The average molecular weight is 370 g/mol. The second-order valence-electron chi connectivity index (χ2n) is 5.07. The Labute approximate surface area is 147 Å². The van der Waals surface area contributed by atoms with Crippen LogP contribution in [0.1, 0.15) is 11.5 Å². The molecule has 1 heterocycles. The summed E-state index contributed by atoms with van der Waals surface area (Å²) in [6, 6.07) is 12.1. The molecule has 0 aliphatic carbocycles. The monoisotopic (exact) mass is 368 g/mol. The number of carboxylic acids is 1. The van der Waals surface area contributed by atoms with Crippen LogP contribution in [-0.2, 0) is 4.79 Å². The zero-order valence-electron chi connectivity index (χ0n) is 11.7. The summed E-state index contributed by atoms with van der Waals surface area (Å²) in [5.41, 5.74) is 1.52. The SMILES string of the molecule is O=C(O)C1=NN(c2ccc(Cl)cc2Cl)C[C@@H]1c1ccc(Cl)cc1.